The lowest BCUT2D eigenvalue weighted by Gasteiger charge is -2.12. The molecule has 0 aliphatic heterocycles. The van der Waals surface area contributed by atoms with Crippen LogP contribution in [0.3, 0.4) is 0 Å². The minimum Gasteiger partial charge on any atom is -0.356 e. The van der Waals surface area contributed by atoms with Crippen LogP contribution in [0, 0.1) is 11.8 Å². The van der Waals surface area contributed by atoms with Crippen molar-refractivity contribution in [1.29, 1.82) is 0 Å². The van der Waals surface area contributed by atoms with Gasteiger partial charge >= 0.3 is 0 Å². The first-order valence-electron chi connectivity index (χ1n) is 8.21. The van der Waals surface area contributed by atoms with Crippen molar-refractivity contribution in [3.63, 3.8) is 0 Å². The van der Waals surface area contributed by atoms with Crippen LogP contribution in [-0.2, 0) is 17.8 Å². The molecule has 1 amide bonds. The minimum absolute atomic E-state index is 0.0468. The van der Waals surface area contributed by atoms with Crippen molar-refractivity contribution in [2.24, 2.45) is 11.8 Å². The molecule has 2 aromatic rings. The zero-order valence-corrected chi connectivity index (χ0v) is 14.1. The van der Waals surface area contributed by atoms with Crippen molar-refractivity contribution in [3.8, 4) is 0 Å². The van der Waals surface area contributed by atoms with E-state index in [-0.39, 0.29) is 11.8 Å². The third-order valence-corrected chi connectivity index (χ3v) is 3.68. The first kappa shape index (κ1) is 16.5. The largest absolute Gasteiger partial charge is 0.356 e. The Labute approximate surface area is 132 Å². The summed E-state index contributed by atoms with van der Waals surface area (Å²) >= 11 is 0. The number of aryl methyl sites for hydroxylation is 1. The molecule has 4 nitrogen and oxygen atoms in total. The van der Waals surface area contributed by atoms with Crippen LogP contribution < -0.4 is 5.32 Å². The predicted molar refractivity (Wildman–Crippen MR) is 90.7 cm³/mol. The summed E-state index contributed by atoms with van der Waals surface area (Å²) in [6, 6.07) is 8.29. The highest BCUT2D eigenvalue weighted by Gasteiger charge is 2.11. The molecule has 0 fully saturated rings. The van der Waals surface area contributed by atoms with Crippen LogP contribution in [0.4, 0.5) is 0 Å². The van der Waals surface area contributed by atoms with Gasteiger partial charge in [-0.15, -0.1) is 0 Å². The standard InChI is InChI=1S/C18H27N3O/c1-13(2)12-21-16-9-6-5-8-15(16)20-17(21)10-7-11-19-18(22)14(3)4/h5-6,8-9,13-14H,7,10-12H2,1-4H3,(H,19,22). The number of hydrogen-bond donors (Lipinski definition) is 1. The van der Waals surface area contributed by atoms with Crippen LogP contribution >= 0.6 is 0 Å². The van der Waals surface area contributed by atoms with E-state index in [1.807, 2.05) is 19.9 Å². The lowest BCUT2D eigenvalue weighted by atomic mass is 10.2. The smallest absolute Gasteiger partial charge is 0.222 e. The number of nitrogens with one attached hydrogen (secondary N) is 1. The van der Waals surface area contributed by atoms with Crippen molar-refractivity contribution >= 4 is 16.9 Å². The predicted octanol–water partition coefficient (Wildman–Crippen LogP) is 3.40. The van der Waals surface area contributed by atoms with Gasteiger partial charge in [0.05, 0.1) is 11.0 Å². The second-order valence-corrected chi connectivity index (χ2v) is 6.57. The van der Waals surface area contributed by atoms with E-state index in [0.717, 1.165) is 30.7 Å². The molecule has 0 saturated carbocycles. The number of rotatable bonds is 7. The molecule has 0 bridgehead atoms. The zero-order chi connectivity index (χ0) is 16.1. The number of fused-ring (bicyclic) bond motifs is 1. The summed E-state index contributed by atoms with van der Waals surface area (Å²) in [5, 5.41) is 2.97. The summed E-state index contributed by atoms with van der Waals surface area (Å²) in [4.78, 5) is 16.3. The van der Waals surface area contributed by atoms with Gasteiger partial charge in [0.2, 0.25) is 5.91 Å². The topological polar surface area (TPSA) is 46.9 Å². The molecule has 4 heteroatoms. The summed E-state index contributed by atoms with van der Waals surface area (Å²) < 4.78 is 2.32. The number of aromatic nitrogens is 2. The minimum atomic E-state index is 0.0468. The zero-order valence-electron chi connectivity index (χ0n) is 14.1. The number of benzene rings is 1. The van der Waals surface area contributed by atoms with Crippen LogP contribution in [0.2, 0.25) is 0 Å². The van der Waals surface area contributed by atoms with Gasteiger partial charge in [0.15, 0.2) is 0 Å². The third-order valence-electron chi connectivity index (χ3n) is 3.68. The fraction of sp³-hybridized carbons (Fsp3) is 0.556. The highest BCUT2D eigenvalue weighted by Crippen LogP contribution is 2.18. The summed E-state index contributed by atoms with van der Waals surface area (Å²) in [6.07, 6.45) is 1.81. The highest BCUT2D eigenvalue weighted by atomic mass is 16.1. The van der Waals surface area contributed by atoms with E-state index in [1.165, 1.54) is 5.52 Å². The van der Waals surface area contributed by atoms with Crippen LogP contribution in [0.1, 0.15) is 39.9 Å². The summed E-state index contributed by atoms with van der Waals surface area (Å²) in [6.45, 7) is 9.97. The molecule has 0 unspecified atom stereocenters. The summed E-state index contributed by atoms with van der Waals surface area (Å²) in [5.74, 6) is 1.87. The number of hydrogen-bond acceptors (Lipinski definition) is 2. The number of imidazole rings is 1. The van der Waals surface area contributed by atoms with Crippen LogP contribution in [0.25, 0.3) is 11.0 Å². The number of amides is 1. The van der Waals surface area contributed by atoms with E-state index >= 15 is 0 Å². The van der Waals surface area contributed by atoms with Crippen molar-refractivity contribution in [2.45, 2.75) is 47.1 Å². The Kier molecular flexibility index (Phi) is 5.58. The van der Waals surface area contributed by atoms with Crippen LogP contribution in [0.5, 0.6) is 0 Å². The molecular weight excluding hydrogens is 274 g/mol. The second-order valence-electron chi connectivity index (χ2n) is 6.57. The lowest BCUT2D eigenvalue weighted by molar-refractivity contribution is -0.123. The molecular formula is C18H27N3O. The van der Waals surface area contributed by atoms with Gasteiger partial charge in [-0.1, -0.05) is 39.8 Å². The van der Waals surface area contributed by atoms with Crippen molar-refractivity contribution in [3.05, 3.63) is 30.1 Å². The van der Waals surface area contributed by atoms with Gasteiger partial charge in [0, 0.05) is 25.4 Å². The Morgan fingerprint density at radius 2 is 1.95 bits per heavy atom. The molecule has 0 saturated heterocycles. The molecule has 0 aliphatic rings. The van der Waals surface area contributed by atoms with E-state index in [1.54, 1.807) is 0 Å². The lowest BCUT2D eigenvalue weighted by Crippen LogP contribution is -2.28. The summed E-state index contributed by atoms with van der Waals surface area (Å²) in [7, 11) is 0. The first-order chi connectivity index (χ1) is 10.5. The molecule has 0 spiro atoms. The number of nitrogens with zero attached hydrogens (tertiary/aromatic N) is 2. The Hall–Kier alpha value is -1.84. The monoisotopic (exact) mass is 301 g/mol. The van der Waals surface area contributed by atoms with Gasteiger partial charge < -0.3 is 9.88 Å². The molecule has 120 valence electrons. The van der Waals surface area contributed by atoms with Crippen LogP contribution in [-0.4, -0.2) is 22.0 Å². The highest BCUT2D eigenvalue weighted by molar-refractivity contribution is 5.77. The maximum absolute atomic E-state index is 11.6. The molecule has 1 heterocycles. The number of carbonyl (C=O) groups excluding carboxylic acids is 1. The average molecular weight is 301 g/mol. The molecule has 1 aromatic heterocycles. The van der Waals surface area contributed by atoms with E-state index in [2.05, 4.69) is 41.9 Å². The molecule has 0 aliphatic carbocycles. The number of carbonyl (C=O) groups is 1. The Morgan fingerprint density at radius 1 is 1.23 bits per heavy atom. The van der Waals surface area contributed by atoms with Crippen LogP contribution in [0.15, 0.2) is 24.3 Å². The van der Waals surface area contributed by atoms with E-state index in [9.17, 15) is 4.79 Å². The third kappa shape index (κ3) is 4.09. The molecule has 1 aromatic carbocycles. The fourth-order valence-electron chi connectivity index (χ4n) is 2.55. The van der Waals surface area contributed by atoms with Crippen molar-refractivity contribution < 1.29 is 4.79 Å². The molecule has 22 heavy (non-hydrogen) atoms. The van der Waals surface area contributed by atoms with E-state index in [0.29, 0.717) is 12.5 Å². The molecule has 0 radical (unpaired) electrons. The molecule has 2 rings (SSSR count). The van der Waals surface area contributed by atoms with Gasteiger partial charge in [0.25, 0.3) is 0 Å². The summed E-state index contributed by atoms with van der Waals surface area (Å²) in [5.41, 5.74) is 2.27. The fourth-order valence-corrected chi connectivity index (χ4v) is 2.55. The van der Waals surface area contributed by atoms with Gasteiger partial charge in [-0.25, -0.2) is 4.98 Å². The first-order valence-corrected chi connectivity index (χ1v) is 8.21. The second kappa shape index (κ2) is 7.43. The van der Waals surface area contributed by atoms with Gasteiger partial charge in [-0.2, -0.15) is 0 Å². The van der Waals surface area contributed by atoms with Gasteiger partial charge in [-0.05, 0) is 24.5 Å². The molecule has 0 atom stereocenters. The molecule has 1 N–H and O–H groups in total. The van der Waals surface area contributed by atoms with E-state index < -0.39 is 0 Å². The van der Waals surface area contributed by atoms with Gasteiger partial charge in [-0.3, -0.25) is 4.79 Å². The maximum atomic E-state index is 11.6. The maximum Gasteiger partial charge on any atom is 0.222 e. The van der Waals surface area contributed by atoms with E-state index in [4.69, 9.17) is 4.98 Å². The Bertz CT molecular complexity index is 628. The van der Waals surface area contributed by atoms with Gasteiger partial charge in [0.1, 0.15) is 5.82 Å². The van der Waals surface area contributed by atoms with Crippen molar-refractivity contribution in [2.75, 3.05) is 6.54 Å². The quantitative estimate of drug-likeness (QED) is 0.797. The average Bonchev–Trinajstić information content (AvgIpc) is 2.81. The Balaban J connectivity index is 2.05. The SMILES string of the molecule is CC(C)Cn1c(CCCNC(=O)C(C)C)nc2ccccc21. The Morgan fingerprint density at radius 3 is 2.64 bits per heavy atom. The van der Waals surface area contributed by atoms with Crippen molar-refractivity contribution in [1.82, 2.24) is 14.9 Å². The normalized spacial score (nSPS) is 11.5. The number of para-hydroxylation sites is 2.